The van der Waals surface area contributed by atoms with E-state index < -0.39 is 15.9 Å². The first-order valence-electron chi connectivity index (χ1n) is 9.68. The van der Waals surface area contributed by atoms with Crippen molar-refractivity contribution in [3.8, 4) is 5.75 Å². The summed E-state index contributed by atoms with van der Waals surface area (Å²) in [6, 6.07) is 15.5. The smallest absolute Gasteiger partial charge is 0.291 e. The van der Waals surface area contributed by atoms with Gasteiger partial charge in [0, 0.05) is 22.6 Å². The van der Waals surface area contributed by atoms with Gasteiger partial charge in [-0.05, 0) is 60.7 Å². The predicted molar refractivity (Wildman–Crippen MR) is 129 cm³/mol. The molecule has 9 nitrogen and oxygen atoms in total. The molecule has 0 bridgehead atoms. The lowest BCUT2D eigenvalue weighted by Gasteiger charge is -2.08. The first kappa shape index (κ1) is 23.7. The second kappa shape index (κ2) is 10.2. The highest BCUT2D eigenvalue weighted by Crippen LogP contribution is 2.28. The molecule has 0 aliphatic carbocycles. The number of carbonyl (C=O) groups is 1. The van der Waals surface area contributed by atoms with Crippen LogP contribution in [0.25, 0.3) is 0 Å². The van der Waals surface area contributed by atoms with Crippen LogP contribution in [-0.2, 0) is 16.6 Å². The normalized spacial score (nSPS) is 11.1. The van der Waals surface area contributed by atoms with E-state index in [4.69, 9.17) is 20.8 Å². The molecule has 0 unspecified atom stereocenters. The molecule has 0 aliphatic heterocycles. The summed E-state index contributed by atoms with van der Waals surface area (Å²) in [5.41, 5.74) is 0.385. The number of sulfonamides is 1. The van der Waals surface area contributed by atoms with Crippen LogP contribution in [0.4, 0.5) is 11.6 Å². The zero-order valence-electron chi connectivity index (χ0n) is 17.2. The molecule has 4 rings (SSSR count). The van der Waals surface area contributed by atoms with Crippen molar-refractivity contribution in [2.75, 3.05) is 10.0 Å². The summed E-state index contributed by atoms with van der Waals surface area (Å²) in [6.45, 7) is 0.0827. The van der Waals surface area contributed by atoms with Crippen molar-refractivity contribution < 1.29 is 22.4 Å². The van der Waals surface area contributed by atoms with Gasteiger partial charge in [-0.1, -0.05) is 27.5 Å². The van der Waals surface area contributed by atoms with Crippen LogP contribution in [0.15, 0.2) is 86.8 Å². The Kier molecular flexibility index (Phi) is 7.15. The van der Waals surface area contributed by atoms with Gasteiger partial charge < -0.3 is 14.5 Å². The molecule has 0 saturated heterocycles. The molecular formula is C22H16BrClN4O5S. The number of benzene rings is 2. The van der Waals surface area contributed by atoms with Gasteiger partial charge in [0.2, 0.25) is 5.95 Å². The van der Waals surface area contributed by atoms with Crippen LogP contribution in [0.1, 0.15) is 16.3 Å². The topological polar surface area (TPSA) is 123 Å². The maximum atomic E-state index is 12.5. The molecule has 4 aromatic rings. The Hall–Kier alpha value is -3.41. The van der Waals surface area contributed by atoms with Crippen LogP contribution in [0.3, 0.4) is 0 Å². The monoisotopic (exact) mass is 562 g/mol. The third-order valence-electron chi connectivity index (χ3n) is 4.36. The van der Waals surface area contributed by atoms with E-state index in [9.17, 15) is 13.2 Å². The first-order valence-corrected chi connectivity index (χ1v) is 12.3. The van der Waals surface area contributed by atoms with E-state index in [1.807, 2.05) is 0 Å². The molecule has 0 radical (unpaired) electrons. The van der Waals surface area contributed by atoms with E-state index in [0.717, 1.165) is 4.47 Å². The lowest BCUT2D eigenvalue weighted by molar-refractivity contribution is 0.0992. The molecule has 0 saturated carbocycles. The number of hydrogen-bond acceptors (Lipinski definition) is 7. The second-order valence-corrected chi connectivity index (χ2v) is 9.79. The molecule has 2 aromatic heterocycles. The van der Waals surface area contributed by atoms with E-state index >= 15 is 0 Å². The van der Waals surface area contributed by atoms with Crippen molar-refractivity contribution in [3.63, 3.8) is 0 Å². The SMILES string of the molecule is O=C(Nc1ccc(S(=O)(=O)Nc2ncccn2)cc1)c1ccc(COc2ccc(Br)cc2Cl)o1. The molecule has 174 valence electrons. The van der Waals surface area contributed by atoms with Gasteiger partial charge >= 0.3 is 0 Å². The highest BCUT2D eigenvalue weighted by Gasteiger charge is 2.17. The minimum Gasteiger partial charge on any atom is -0.484 e. The van der Waals surface area contributed by atoms with Gasteiger partial charge in [0.05, 0.1) is 9.92 Å². The lowest BCUT2D eigenvalue weighted by Crippen LogP contribution is -2.15. The second-order valence-electron chi connectivity index (χ2n) is 6.79. The molecule has 2 N–H and O–H groups in total. The fourth-order valence-electron chi connectivity index (χ4n) is 2.76. The van der Waals surface area contributed by atoms with E-state index in [-0.39, 0.29) is 23.2 Å². The number of carbonyl (C=O) groups excluding carboxylic acids is 1. The predicted octanol–water partition coefficient (Wildman–Crippen LogP) is 5.12. The van der Waals surface area contributed by atoms with Crippen molar-refractivity contribution in [1.82, 2.24) is 9.97 Å². The fraction of sp³-hybridized carbons (Fsp3) is 0.0455. The Morgan fingerprint density at radius 2 is 1.79 bits per heavy atom. The summed E-state index contributed by atoms with van der Waals surface area (Å²) >= 11 is 9.45. The van der Waals surface area contributed by atoms with Gasteiger partial charge in [0.25, 0.3) is 15.9 Å². The maximum absolute atomic E-state index is 12.5. The van der Waals surface area contributed by atoms with Gasteiger partial charge in [-0.3, -0.25) is 4.79 Å². The molecule has 12 heteroatoms. The Bertz CT molecular complexity index is 1410. The zero-order chi connectivity index (χ0) is 24.1. The molecule has 2 heterocycles. The number of amides is 1. The standard InChI is InChI=1S/C22H16BrClN4O5S/c23-14-2-8-19(18(24)12-14)32-13-16-5-9-20(33-16)21(29)27-15-3-6-17(7-4-15)34(30,31)28-22-25-10-1-11-26-22/h1-12H,13H2,(H,27,29)(H,25,26,28). The number of anilines is 2. The molecule has 2 aromatic carbocycles. The number of nitrogens with zero attached hydrogens (tertiary/aromatic N) is 2. The van der Waals surface area contributed by atoms with Gasteiger partial charge in [0.15, 0.2) is 5.76 Å². The van der Waals surface area contributed by atoms with E-state index in [1.54, 1.807) is 30.3 Å². The average Bonchev–Trinajstić information content (AvgIpc) is 3.29. The fourth-order valence-corrected chi connectivity index (χ4v) is 4.45. The average molecular weight is 564 g/mol. The van der Waals surface area contributed by atoms with Crippen LogP contribution < -0.4 is 14.8 Å². The third-order valence-corrected chi connectivity index (χ3v) is 6.50. The van der Waals surface area contributed by atoms with Gasteiger partial charge in [-0.2, -0.15) is 0 Å². The lowest BCUT2D eigenvalue weighted by atomic mass is 10.3. The molecule has 0 fully saturated rings. The van der Waals surface area contributed by atoms with Crippen LogP contribution >= 0.6 is 27.5 Å². The van der Waals surface area contributed by atoms with Gasteiger partial charge in [-0.15, -0.1) is 0 Å². The quantitative estimate of drug-likeness (QED) is 0.305. The largest absolute Gasteiger partial charge is 0.484 e. The third kappa shape index (κ3) is 5.93. The Morgan fingerprint density at radius 1 is 1.06 bits per heavy atom. The molecule has 0 aliphatic rings. The summed E-state index contributed by atoms with van der Waals surface area (Å²) in [5, 5.41) is 3.09. The number of halogens is 2. The Balaban J connectivity index is 1.36. The van der Waals surface area contributed by atoms with Crippen molar-refractivity contribution in [3.05, 3.63) is 94.1 Å². The minimum absolute atomic E-state index is 0.0120. The molecular weight excluding hydrogens is 548 g/mol. The summed E-state index contributed by atoms with van der Waals surface area (Å²) in [4.78, 5) is 20.2. The van der Waals surface area contributed by atoms with E-state index in [0.29, 0.717) is 22.2 Å². The molecule has 34 heavy (non-hydrogen) atoms. The molecule has 0 spiro atoms. The number of hydrogen-bond donors (Lipinski definition) is 2. The molecule has 0 atom stereocenters. The highest BCUT2D eigenvalue weighted by molar-refractivity contribution is 9.10. The zero-order valence-corrected chi connectivity index (χ0v) is 20.4. The van der Waals surface area contributed by atoms with Gasteiger partial charge in [0.1, 0.15) is 18.1 Å². The van der Waals surface area contributed by atoms with Crippen molar-refractivity contribution in [2.45, 2.75) is 11.5 Å². The number of aromatic nitrogens is 2. The van der Waals surface area contributed by atoms with Crippen LogP contribution in [0, 0.1) is 0 Å². The Labute approximate surface area is 208 Å². The first-order chi connectivity index (χ1) is 16.3. The van der Waals surface area contributed by atoms with Crippen LogP contribution in [0.2, 0.25) is 5.02 Å². The maximum Gasteiger partial charge on any atom is 0.291 e. The van der Waals surface area contributed by atoms with E-state index in [1.165, 1.54) is 42.7 Å². The van der Waals surface area contributed by atoms with Gasteiger partial charge in [-0.25, -0.2) is 23.1 Å². The summed E-state index contributed by atoms with van der Waals surface area (Å²) < 4.78 is 39.2. The number of rotatable bonds is 8. The van der Waals surface area contributed by atoms with Crippen molar-refractivity contribution >= 4 is 55.1 Å². The summed E-state index contributed by atoms with van der Waals surface area (Å²) in [6.07, 6.45) is 2.84. The van der Waals surface area contributed by atoms with Crippen molar-refractivity contribution in [1.29, 1.82) is 0 Å². The Morgan fingerprint density at radius 3 is 2.50 bits per heavy atom. The number of furan rings is 1. The number of ether oxygens (including phenoxy) is 1. The summed E-state index contributed by atoms with van der Waals surface area (Å²) in [5.74, 6) is 0.440. The number of nitrogens with one attached hydrogen (secondary N) is 2. The van der Waals surface area contributed by atoms with Crippen molar-refractivity contribution in [2.24, 2.45) is 0 Å². The van der Waals surface area contributed by atoms with E-state index in [2.05, 4.69) is 35.9 Å². The summed E-state index contributed by atoms with van der Waals surface area (Å²) in [7, 11) is -3.87. The minimum atomic E-state index is -3.87. The van der Waals surface area contributed by atoms with Crippen LogP contribution in [0.5, 0.6) is 5.75 Å². The molecule has 1 amide bonds. The van der Waals surface area contributed by atoms with Crippen LogP contribution in [-0.4, -0.2) is 24.3 Å². The highest BCUT2D eigenvalue weighted by atomic mass is 79.9.